The summed E-state index contributed by atoms with van der Waals surface area (Å²) in [5, 5.41) is 2.63. The first kappa shape index (κ1) is 11.9. The van der Waals surface area contributed by atoms with Crippen molar-refractivity contribution in [2.75, 3.05) is 5.32 Å². The van der Waals surface area contributed by atoms with Gasteiger partial charge in [-0.05, 0) is 25.0 Å². The van der Waals surface area contributed by atoms with E-state index in [2.05, 4.69) is 12.2 Å². The fourth-order valence-electron chi connectivity index (χ4n) is 2.20. The van der Waals surface area contributed by atoms with Gasteiger partial charge < -0.3 is 10.2 Å². The van der Waals surface area contributed by atoms with Crippen LogP contribution in [0.2, 0.25) is 0 Å². The summed E-state index contributed by atoms with van der Waals surface area (Å²) in [5.74, 6) is -0.362. The Bertz CT molecular complexity index is 433. The summed E-state index contributed by atoms with van der Waals surface area (Å²) in [4.78, 5) is 13.6. The van der Waals surface area contributed by atoms with Gasteiger partial charge in [0.2, 0.25) is 0 Å². The first-order chi connectivity index (χ1) is 8.13. The van der Waals surface area contributed by atoms with Crippen LogP contribution in [0.3, 0.4) is 0 Å². The van der Waals surface area contributed by atoms with Crippen LogP contribution in [0, 0.1) is 5.82 Å². The third-order valence-corrected chi connectivity index (χ3v) is 3.17. The molecule has 92 valence electrons. The highest BCUT2D eigenvalue weighted by Gasteiger charge is 2.27. The van der Waals surface area contributed by atoms with Crippen LogP contribution < -0.4 is 5.32 Å². The second kappa shape index (κ2) is 4.73. The Morgan fingerprint density at radius 1 is 1.53 bits per heavy atom. The van der Waals surface area contributed by atoms with Crippen molar-refractivity contribution in [1.29, 1.82) is 0 Å². The Morgan fingerprint density at radius 3 is 3.00 bits per heavy atom. The molecule has 1 N–H and O–H groups in total. The van der Waals surface area contributed by atoms with E-state index in [0.717, 1.165) is 18.4 Å². The quantitative estimate of drug-likeness (QED) is 0.857. The predicted molar refractivity (Wildman–Crippen MR) is 65.3 cm³/mol. The van der Waals surface area contributed by atoms with Crippen molar-refractivity contribution >= 4 is 11.7 Å². The third-order valence-electron chi connectivity index (χ3n) is 3.17. The average molecular weight is 236 g/mol. The normalized spacial score (nSPS) is 16.4. The number of anilines is 1. The van der Waals surface area contributed by atoms with E-state index in [-0.39, 0.29) is 17.9 Å². The summed E-state index contributed by atoms with van der Waals surface area (Å²) in [5.41, 5.74) is 1.17. The van der Waals surface area contributed by atoms with Crippen LogP contribution in [-0.2, 0) is 6.54 Å². The van der Waals surface area contributed by atoms with Gasteiger partial charge in [-0.2, -0.15) is 0 Å². The highest BCUT2D eigenvalue weighted by Crippen LogP contribution is 2.27. The average Bonchev–Trinajstić information content (AvgIpc) is 2.30. The molecule has 1 aromatic carbocycles. The lowest BCUT2D eigenvalue weighted by Crippen LogP contribution is -2.44. The smallest absolute Gasteiger partial charge is 0.317 e. The number of urea groups is 1. The molecule has 17 heavy (non-hydrogen) atoms. The first-order valence-electron chi connectivity index (χ1n) is 5.98. The van der Waals surface area contributed by atoms with Crippen LogP contribution in [-0.4, -0.2) is 17.0 Å². The number of hydrogen-bond donors (Lipinski definition) is 1. The standard InChI is InChI=1S/C13H17FN2O/c1-3-5-9(2)16-8-10-6-4-7-11(14)12(10)15-13(16)17/h4,6-7,9H,3,5,8H2,1-2H3,(H,15,17). The Morgan fingerprint density at radius 2 is 2.29 bits per heavy atom. The molecular formula is C13H17FN2O. The Labute approximate surface area is 101 Å². The van der Waals surface area contributed by atoms with Crippen molar-refractivity contribution in [3.05, 3.63) is 29.6 Å². The highest BCUT2D eigenvalue weighted by atomic mass is 19.1. The van der Waals surface area contributed by atoms with Gasteiger partial charge in [0.1, 0.15) is 5.82 Å². The molecule has 4 heteroatoms. The van der Waals surface area contributed by atoms with E-state index in [1.807, 2.05) is 13.0 Å². The van der Waals surface area contributed by atoms with E-state index in [1.54, 1.807) is 11.0 Å². The molecule has 1 aliphatic rings. The van der Waals surface area contributed by atoms with Crippen LogP contribution in [0.1, 0.15) is 32.3 Å². The van der Waals surface area contributed by atoms with Gasteiger partial charge in [0.25, 0.3) is 0 Å². The van der Waals surface area contributed by atoms with Gasteiger partial charge in [-0.15, -0.1) is 0 Å². The fraction of sp³-hybridized carbons (Fsp3) is 0.462. The van der Waals surface area contributed by atoms with E-state index in [1.165, 1.54) is 6.07 Å². The molecule has 0 spiro atoms. The monoisotopic (exact) mass is 236 g/mol. The molecule has 2 rings (SSSR count). The molecule has 0 aromatic heterocycles. The zero-order valence-corrected chi connectivity index (χ0v) is 10.2. The minimum absolute atomic E-state index is 0.177. The zero-order valence-electron chi connectivity index (χ0n) is 10.2. The van der Waals surface area contributed by atoms with Crippen LogP contribution in [0.15, 0.2) is 18.2 Å². The number of carbonyl (C=O) groups is 1. The molecule has 0 fully saturated rings. The summed E-state index contributed by atoms with van der Waals surface area (Å²) in [6.07, 6.45) is 1.99. The second-order valence-electron chi connectivity index (χ2n) is 4.47. The van der Waals surface area contributed by atoms with E-state index in [0.29, 0.717) is 12.2 Å². The molecule has 1 aromatic rings. The van der Waals surface area contributed by atoms with E-state index < -0.39 is 0 Å². The topological polar surface area (TPSA) is 32.3 Å². The maximum Gasteiger partial charge on any atom is 0.322 e. The highest BCUT2D eigenvalue weighted by molar-refractivity contribution is 5.92. The molecule has 1 heterocycles. The SMILES string of the molecule is CCCC(C)N1Cc2cccc(F)c2NC1=O. The summed E-state index contributed by atoms with van der Waals surface area (Å²) < 4.78 is 13.5. The molecule has 1 aliphatic heterocycles. The molecule has 1 unspecified atom stereocenters. The van der Waals surface area contributed by atoms with Gasteiger partial charge in [0.05, 0.1) is 5.69 Å². The summed E-state index contributed by atoms with van der Waals surface area (Å²) in [6.45, 7) is 4.60. The van der Waals surface area contributed by atoms with Gasteiger partial charge in [0, 0.05) is 12.6 Å². The molecule has 0 aliphatic carbocycles. The molecule has 3 nitrogen and oxygen atoms in total. The van der Waals surface area contributed by atoms with Gasteiger partial charge in [-0.3, -0.25) is 0 Å². The van der Waals surface area contributed by atoms with Gasteiger partial charge in [-0.25, -0.2) is 9.18 Å². The third kappa shape index (κ3) is 2.25. The van der Waals surface area contributed by atoms with Crippen molar-refractivity contribution in [3.63, 3.8) is 0 Å². The largest absolute Gasteiger partial charge is 0.322 e. The summed E-state index contributed by atoms with van der Waals surface area (Å²) in [7, 11) is 0. The number of nitrogens with one attached hydrogen (secondary N) is 1. The maximum atomic E-state index is 13.5. The summed E-state index contributed by atoms with van der Waals surface area (Å²) in [6, 6.07) is 4.86. The minimum atomic E-state index is -0.362. The molecule has 0 saturated carbocycles. The number of hydrogen-bond acceptors (Lipinski definition) is 1. The van der Waals surface area contributed by atoms with Crippen LogP contribution in [0.25, 0.3) is 0 Å². The molecule has 2 amide bonds. The van der Waals surface area contributed by atoms with Crippen molar-refractivity contribution in [3.8, 4) is 0 Å². The maximum absolute atomic E-state index is 13.5. The Kier molecular flexibility index (Phi) is 3.31. The molecular weight excluding hydrogens is 219 g/mol. The number of nitrogens with zero attached hydrogens (tertiary/aromatic N) is 1. The molecule has 0 radical (unpaired) electrons. The van der Waals surface area contributed by atoms with Crippen LogP contribution >= 0.6 is 0 Å². The zero-order chi connectivity index (χ0) is 12.4. The number of halogens is 1. The van der Waals surface area contributed by atoms with E-state index in [4.69, 9.17) is 0 Å². The molecule has 1 atom stereocenters. The number of fused-ring (bicyclic) bond motifs is 1. The Hall–Kier alpha value is -1.58. The van der Waals surface area contributed by atoms with E-state index in [9.17, 15) is 9.18 Å². The predicted octanol–water partition coefficient (Wildman–Crippen LogP) is 3.36. The van der Waals surface area contributed by atoms with Gasteiger partial charge in [0.15, 0.2) is 0 Å². The molecule has 0 bridgehead atoms. The number of rotatable bonds is 3. The lowest BCUT2D eigenvalue weighted by Gasteiger charge is -2.34. The first-order valence-corrected chi connectivity index (χ1v) is 5.98. The minimum Gasteiger partial charge on any atom is -0.317 e. The second-order valence-corrected chi connectivity index (χ2v) is 4.47. The van der Waals surface area contributed by atoms with Crippen molar-refractivity contribution in [2.45, 2.75) is 39.3 Å². The van der Waals surface area contributed by atoms with Crippen LogP contribution in [0.5, 0.6) is 0 Å². The van der Waals surface area contributed by atoms with Crippen molar-refractivity contribution in [1.82, 2.24) is 4.90 Å². The number of para-hydroxylation sites is 1. The fourth-order valence-corrected chi connectivity index (χ4v) is 2.20. The lowest BCUT2D eigenvalue weighted by molar-refractivity contribution is 0.181. The van der Waals surface area contributed by atoms with Crippen molar-refractivity contribution in [2.24, 2.45) is 0 Å². The number of benzene rings is 1. The van der Waals surface area contributed by atoms with Gasteiger partial charge >= 0.3 is 6.03 Å². The van der Waals surface area contributed by atoms with E-state index >= 15 is 0 Å². The number of carbonyl (C=O) groups excluding carboxylic acids is 1. The van der Waals surface area contributed by atoms with Crippen LogP contribution in [0.4, 0.5) is 14.9 Å². The summed E-state index contributed by atoms with van der Waals surface area (Å²) >= 11 is 0. The van der Waals surface area contributed by atoms with Gasteiger partial charge in [-0.1, -0.05) is 25.5 Å². The molecule has 0 saturated heterocycles. The van der Waals surface area contributed by atoms with Crippen molar-refractivity contribution < 1.29 is 9.18 Å². The number of amides is 2. The lowest BCUT2D eigenvalue weighted by atomic mass is 10.1. The Balaban J connectivity index is 2.24.